The fourth-order valence-corrected chi connectivity index (χ4v) is 4.21. The highest BCUT2D eigenvalue weighted by Gasteiger charge is 2.32. The number of hydrogen-bond donors (Lipinski definition) is 0. The Morgan fingerprint density at radius 1 is 1.35 bits per heavy atom. The number of carbonyl (C=O) groups is 1. The van der Waals surface area contributed by atoms with E-state index >= 15 is 0 Å². The summed E-state index contributed by atoms with van der Waals surface area (Å²) in [6, 6.07) is 0.880. The van der Waals surface area contributed by atoms with Crippen molar-refractivity contribution in [3.05, 3.63) is 15.6 Å². The summed E-state index contributed by atoms with van der Waals surface area (Å²) in [5.74, 6) is 0.253. The molecule has 3 rings (SSSR count). The molecule has 1 atom stereocenters. The van der Waals surface area contributed by atoms with Gasteiger partial charge in [0.1, 0.15) is 0 Å². The van der Waals surface area contributed by atoms with E-state index in [0.29, 0.717) is 18.6 Å². The SMILES string of the molecule is Cc1nc2c(s1)[C@@H](N(C)CC(=O)N(C)C1CC1)CCC2. The van der Waals surface area contributed by atoms with Gasteiger partial charge in [-0.1, -0.05) is 0 Å². The Balaban J connectivity index is 1.68. The molecule has 1 aromatic heterocycles. The van der Waals surface area contributed by atoms with Crippen LogP contribution in [0.4, 0.5) is 0 Å². The molecule has 4 nitrogen and oxygen atoms in total. The molecule has 1 fully saturated rings. The number of amides is 1. The molecular formula is C15H23N3OS. The van der Waals surface area contributed by atoms with Gasteiger partial charge < -0.3 is 4.90 Å². The van der Waals surface area contributed by atoms with Crippen LogP contribution in [0, 0.1) is 6.92 Å². The maximum absolute atomic E-state index is 12.3. The van der Waals surface area contributed by atoms with E-state index in [-0.39, 0.29) is 5.91 Å². The van der Waals surface area contributed by atoms with Gasteiger partial charge in [0, 0.05) is 24.0 Å². The van der Waals surface area contributed by atoms with Gasteiger partial charge >= 0.3 is 0 Å². The molecule has 1 amide bonds. The Labute approximate surface area is 124 Å². The first-order chi connectivity index (χ1) is 9.56. The summed E-state index contributed by atoms with van der Waals surface area (Å²) in [6.07, 6.45) is 5.77. The Bertz CT molecular complexity index is 509. The lowest BCUT2D eigenvalue weighted by molar-refractivity contribution is -0.131. The van der Waals surface area contributed by atoms with Crippen molar-refractivity contribution in [1.29, 1.82) is 0 Å². The summed E-state index contributed by atoms with van der Waals surface area (Å²) in [4.78, 5) is 22.4. The van der Waals surface area contributed by atoms with Gasteiger partial charge in [-0.2, -0.15) is 0 Å². The summed E-state index contributed by atoms with van der Waals surface area (Å²) >= 11 is 1.80. The van der Waals surface area contributed by atoms with Crippen LogP contribution >= 0.6 is 11.3 Å². The minimum atomic E-state index is 0.253. The van der Waals surface area contributed by atoms with E-state index in [9.17, 15) is 4.79 Å². The Hall–Kier alpha value is -0.940. The molecule has 5 heteroatoms. The second kappa shape index (κ2) is 5.45. The first-order valence-electron chi connectivity index (χ1n) is 7.48. The van der Waals surface area contributed by atoms with Gasteiger partial charge in [-0.25, -0.2) is 4.98 Å². The highest BCUT2D eigenvalue weighted by molar-refractivity contribution is 7.11. The normalized spacial score (nSPS) is 21.9. The lowest BCUT2D eigenvalue weighted by Crippen LogP contribution is -2.39. The van der Waals surface area contributed by atoms with Gasteiger partial charge in [0.2, 0.25) is 5.91 Å². The summed E-state index contributed by atoms with van der Waals surface area (Å²) in [6.45, 7) is 2.60. The number of rotatable bonds is 4. The summed E-state index contributed by atoms with van der Waals surface area (Å²) in [5.41, 5.74) is 1.26. The summed E-state index contributed by atoms with van der Waals surface area (Å²) in [7, 11) is 4.02. The Morgan fingerprint density at radius 3 is 2.80 bits per heavy atom. The van der Waals surface area contributed by atoms with Gasteiger partial charge in [0.15, 0.2) is 0 Å². The number of nitrogens with zero attached hydrogens (tertiary/aromatic N) is 3. The molecule has 0 radical (unpaired) electrons. The lowest BCUT2D eigenvalue weighted by Gasteiger charge is -2.31. The van der Waals surface area contributed by atoms with Crippen LogP contribution in [-0.4, -0.2) is 47.4 Å². The maximum Gasteiger partial charge on any atom is 0.236 e. The predicted octanol–water partition coefficient (Wildman–Crippen LogP) is 2.38. The number of carbonyl (C=O) groups excluding carboxylic acids is 1. The first kappa shape index (κ1) is 14.0. The van der Waals surface area contributed by atoms with E-state index in [4.69, 9.17) is 0 Å². The van der Waals surface area contributed by atoms with Crippen LogP contribution in [0.15, 0.2) is 0 Å². The highest BCUT2D eigenvalue weighted by atomic mass is 32.1. The van der Waals surface area contributed by atoms with E-state index in [1.165, 1.54) is 29.8 Å². The third-order valence-electron chi connectivity index (χ3n) is 4.43. The molecule has 2 aliphatic carbocycles. The van der Waals surface area contributed by atoms with Crippen molar-refractivity contribution < 1.29 is 4.79 Å². The molecule has 1 heterocycles. The zero-order valence-electron chi connectivity index (χ0n) is 12.6. The quantitative estimate of drug-likeness (QED) is 0.855. The van der Waals surface area contributed by atoms with Crippen molar-refractivity contribution >= 4 is 17.2 Å². The van der Waals surface area contributed by atoms with Crippen LogP contribution < -0.4 is 0 Å². The smallest absolute Gasteiger partial charge is 0.236 e. The van der Waals surface area contributed by atoms with E-state index in [0.717, 1.165) is 17.8 Å². The first-order valence-corrected chi connectivity index (χ1v) is 8.30. The van der Waals surface area contributed by atoms with Crippen LogP contribution in [-0.2, 0) is 11.2 Å². The van der Waals surface area contributed by atoms with Gasteiger partial charge in [0.25, 0.3) is 0 Å². The van der Waals surface area contributed by atoms with Crippen molar-refractivity contribution in [2.24, 2.45) is 0 Å². The van der Waals surface area contributed by atoms with Crippen LogP contribution in [0.2, 0.25) is 0 Å². The van der Waals surface area contributed by atoms with Crippen LogP contribution in [0.3, 0.4) is 0 Å². The fourth-order valence-electron chi connectivity index (χ4n) is 3.04. The third kappa shape index (κ3) is 2.74. The lowest BCUT2D eigenvalue weighted by atomic mass is 9.97. The molecule has 1 saturated carbocycles. The zero-order chi connectivity index (χ0) is 14.3. The minimum Gasteiger partial charge on any atom is -0.342 e. The second-order valence-electron chi connectivity index (χ2n) is 6.10. The van der Waals surface area contributed by atoms with Crippen LogP contribution in [0.25, 0.3) is 0 Å². The fraction of sp³-hybridized carbons (Fsp3) is 0.733. The zero-order valence-corrected chi connectivity index (χ0v) is 13.4. The largest absolute Gasteiger partial charge is 0.342 e. The highest BCUT2D eigenvalue weighted by Crippen LogP contribution is 2.37. The molecule has 0 spiro atoms. The summed E-state index contributed by atoms with van der Waals surface area (Å²) < 4.78 is 0. The average molecular weight is 293 g/mol. The predicted molar refractivity (Wildman–Crippen MR) is 81.0 cm³/mol. The standard InChI is InChI=1S/C15H23N3OS/c1-10-16-12-5-4-6-13(15(12)20-10)17(2)9-14(19)18(3)11-7-8-11/h11,13H,4-9H2,1-3H3/t13-/m0/s1. The molecular weight excluding hydrogens is 270 g/mol. The van der Waals surface area contributed by atoms with Gasteiger partial charge in [-0.3, -0.25) is 9.69 Å². The van der Waals surface area contributed by atoms with Crippen LogP contribution in [0.5, 0.6) is 0 Å². The van der Waals surface area contributed by atoms with E-state index in [2.05, 4.69) is 23.9 Å². The maximum atomic E-state index is 12.3. The van der Waals surface area contributed by atoms with Crippen molar-refractivity contribution in [3.63, 3.8) is 0 Å². The van der Waals surface area contributed by atoms with Crippen LogP contribution in [0.1, 0.15) is 47.3 Å². The van der Waals surface area contributed by atoms with Gasteiger partial charge in [-0.15, -0.1) is 11.3 Å². The summed E-state index contributed by atoms with van der Waals surface area (Å²) in [5, 5.41) is 1.15. The van der Waals surface area contributed by atoms with Crippen molar-refractivity contribution in [1.82, 2.24) is 14.8 Å². The van der Waals surface area contributed by atoms with Gasteiger partial charge in [-0.05, 0) is 46.1 Å². The van der Waals surface area contributed by atoms with E-state index in [1.807, 2.05) is 11.9 Å². The molecule has 0 aromatic carbocycles. The van der Waals surface area contributed by atoms with Crippen molar-refractivity contribution in [2.45, 2.75) is 51.1 Å². The topological polar surface area (TPSA) is 36.4 Å². The average Bonchev–Trinajstić information content (AvgIpc) is 3.18. The Kier molecular flexibility index (Phi) is 3.82. The van der Waals surface area contributed by atoms with Gasteiger partial charge in [0.05, 0.1) is 17.2 Å². The van der Waals surface area contributed by atoms with Crippen molar-refractivity contribution in [2.75, 3.05) is 20.6 Å². The molecule has 2 aliphatic rings. The van der Waals surface area contributed by atoms with E-state index in [1.54, 1.807) is 11.3 Å². The number of likely N-dealkylation sites (N-methyl/N-ethyl adjacent to an activating group) is 2. The number of aryl methyl sites for hydroxylation is 2. The van der Waals surface area contributed by atoms with Crippen molar-refractivity contribution in [3.8, 4) is 0 Å². The second-order valence-corrected chi connectivity index (χ2v) is 7.34. The monoisotopic (exact) mass is 293 g/mol. The van der Waals surface area contributed by atoms with E-state index < -0.39 is 0 Å². The molecule has 0 unspecified atom stereocenters. The minimum absolute atomic E-state index is 0.253. The number of fused-ring (bicyclic) bond motifs is 1. The number of hydrogen-bond acceptors (Lipinski definition) is 4. The number of thiazole rings is 1. The third-order valence-corrected chi connectivity index (χ3v) is 5.55. The Morgan fingerprint density at radius 2 is 2.10 bits per heavy atom. The molecule has 0 N–H and O–H groups in total. The molecule has 0 bridgehead atoms. The molecule has 0 aliphatic heterocycles. The molecule has 110 valence electrons. The molecule has 1 aromatic rings. The molecule has 0 saturated heterocycles. The number of aromatic nitrogens is 1. The molecule has 20 heavy (non-hydrogen) atoms.